The standard InChI is InChI=1S/C21H38N6O2S/c1-7-22-19(24-15-18-16(2)25-17(3)30-18)23-9-8-10-26-11-13-27(14-12-26)20(28)29-21(4,5)6/h7-15H2,1-6H3,(H2,22,23,24). The lowest BCUT2D eigenvalue weighted by atomic mass is 10.2. The van der Waals surface area contributed by atoms with E-state index in [-0.39, 0.29) is 6.09 Å². The zero-order valence-corrected chi connectivity index (χ0v) is 20.2. The number of rotatable bonds is 7. The van der Waals surface area contributed by atoms with Gasteiger partial charge < -0.3 is 20.3 Å². The molecule has 0 radical (unpaired) electrons. The molecule has 1 saturated heterocycles. The Hall–Kier alpha value is -1.87. The van der Waals surface area contributed by atoms with Gasteiger partial charge in [-0.05, 0) is 54.5 Å². The van der Waals surface area contributed by atoms with Crippen LogP contribution in [0.5, 0.6) is 0 Å². The number of piperazine rings is 1. The summed E-state index contributed by atoms with van der Waals surface area (Å²) >= 11 is 1.71. The number of thiazole rings is 1. The third-order valence-electron chi connectivity index (χ3n) is 4.69. The Morgan fingerprint density at radius 2 is 1.90 bits per heavy atom. The summed E-state index contributed by atoms with van der Waals surface area (Å²) in [5.41, 5.74) is 0.631. The fourth-order valence-corrected chi connectivity index (χ4v) is 4.06. The topological polar surface area (TPSA) is 82.1 Å². The highest BCUT2D eigenvalue weighted by atomic mass is 32.1. The molecular formula is C21H38N6O2S. The summed E-state index contributed by atoms with van der Waals surface area (Å²) in [7, 11) is 0. The van der Waals surface area contributed by atoms with Gasteiger partial charge in [0.1, 0.15) is 5.60 Å². The summed E-state index contributed by atoms with van der Waals surface area (Å²) in [6.07, 6.45) is 0.817. The van der Waals surface area contributed by atoms with E-state index in [1.165, 1.54) is 4.88 Å². The van der Waals surface area contributed by atoms with E-state index >= 15 is 0 Å². The first-order chi connectivity index (χ1) is 14.2. The number of aliphatic imine (C=N–C) groups is 1. The number of ether oxygens (including phenoxy) is 1. The molecule has 9 heteroatoms. The van der Waals surface area contributed by atoms with Crippen LogP contribution in [0.2, 0.25) is 0 Å². The van der Waals surface area contributed by atoms with Crippen molar-refractivity contribution in [2.24, 2.45) is 4.99 Å². The molecule has 30 heavy (non-hydrogen) atoms. The van der Waals surface area contributed by atoms with E-state index in [0.717, 1.165) is 68.9 Å². The molecule has 2 N–H and O–H groups in total. The number of hydrogen-bond donors (Lipinski definition) is 2. The van der Waals surface area contributed by atoms with E-state index < -0.39 is 5.60 Å². The molecule has 0 saturated carbocycles. The average molecular weight is 439 g/mol. The number of amides is 1. The van der Waals surface area contributed by atoms with E-state index in [9.17, 15) is 4.79 Å². The van der Waals surface area contributed by atoms with Crippen molar-refractivity contribution >= 4 is 23.4 Å². The smallest absolute Gasteiger partial charge is 0.410 e. The van der Waals surface area contributed by atoms with Crippen LogP contribution in [0.15, 0.2) is 4.99 Å². The van der Waals surface area contributed by atoms with Crippen molar-refractivity contribution in [1.29, 1.82) is 0 Å². The van der Waals surface area contributed by atoms with E-state index in [1.807, 2.05) is 34.6 Å². The monoisotopic (exact) mass is 438 g/mol. The summed E-state index contributed by atoms with van der Waals surface area (Å²) < 4.78 is 5.46. The molecule has 8 nitrogen and oxygen atoms in total. The van der Waals surface area contributed by atoms with Crippen LogP contribution in [0, 0.1) is 13.8 Å². The fourth-order valence-electron chi connectivity index (χ4n) is 3.20. The minimum atomic E-state index is -0.441. The Morgan fingerprint density at radius 1 is 1.20 bits per heavy atom. The highest BCUT2D eigenvalue weighted by molar-refractivity contribution is 7.11. The SMILES string of the molecule is CCNC(=NCc1sc(C)nc1C)NCCCN1CCN(C(=O)OC(C)(C)C)CC1. The van der Waals surface area contributed by atoms with Crippen molar-refractivity contribution in [3.8, 4) is 0 Å². The maximum Gasteiger partial charge on any atom is 0.410 e. The maximum atomic E-state index is 12.2. The summed E-state index contributed by atoms with van der Waals surface area (Å²) in [5, 5.41) is 7.81. The van der Waals surface area contributed by atoms with Crippen molar-refractivity contribution in [1.82, 2.24) is 25.4 Å². The van der Waals surface area contributed by atoms with Crippen molar-refractivity contribution in [2.45, 2.75) is 60.1 Å². The van der Waals surface area contributed by atoms with E-state index in [4.69, 9.17) is 9.73 Å². The average Bonchev–Trinajstić information content (AvgIpc) is 2.99. The number of carbonyl (C=O) groups excluding carboxylic acids is 1. The predicted molar refractivity (Wildman–Crippen MR) is 123 cm³/mol. The van der Waals surface area contributed by atoms with Crippen LogP contribution in [0.3, 0.4) is 0 Å². The van der Waals surface area contributed by atoms with Crippen LogP contribution in [0.1, 0.15) is 49.7 Å². The number of nitrogens with one attached hydrogen (secondary N) is 2. The zero-order chi connectivity index (χ0) is 22.1. The van der Waals surface area contributed by atoms with Gasteiger partial charge in [0.25, 0.3) is 0 Å². The molecule has 1 aromatic rings. The van der Waals surface area contributed by atoms with Crippen LogP contribution >= 0.6 is 11.3 Å². The van der Waals surface area contributed by atoms with Crippen LogP contribution in [-0.4, -0.2) is 78.3 Å². The van der Waals surface area contributed by atoms with E-state index in [0.29, 0.717) is 6.54 Å². The first kappa shape index (κ1) is 24.4. The first-order valence-electron chi connectivity index (χ1n) is 10.8. The van der Waals surface area contributed by atoms with Crippen molar-refractivity contribution in [2.75, 3.05) is 45.8 Å². The second-order valence-corrected chi connectivity index (χ2v) is 9.81. The normalized spacial score (nSPS) is 15.9. The second-order valence-electron chi connectivity index (χ2n) is 8.53. The Kier molecular flexibility index (Phi) is 9.36. The van der Waals surface area contributed by atoms with Crippen LogP contribution in [-0.2, 0) is 11.3 Å². The van der Waals surface area contributed by atoms with Crippen LogP contribution in [0.25, 0.3) is 0 Å². The highest BCUT2D eigenvalue weighted by Gasteiger charge is 2.25. The van der Waals surface area contributed by atoms with Gasteiger partial charge in [-0.15, -0.1) is 11.3 Å². The minimum Gasteiger partial charge on any atom is -0.444 e. The Labute approximate surface area is 185 Å². The van der Waals surface area contributed by atoms with Gasteiger partial charge in [0.15, 0.2) is 5.96 Å². The van der Waals surface area contributed by atoms with Gasteiger partial charge in [-0.2, -0.15) is 0 Å². The number of aromatic nitrogens is 1. The second kappa shape index (κ2) is 11.5. The fraction of sp³-hybridized carbons (Fsp3) is 0.762. The third kappa shape index (κ3) is 8.47. The molecule has 170 valence electrons. The number of aryl methyl sites for hydroxylation is 2. The van der Waals surface area contributed by atoms with Crippen LogP contribution < -0.4 is 10.6 Å². The Morgan fingerprint density at radius 3 is 2.47 bits per heavy atom. The largest absolute Gasteiger partial charge is 0.444 e. The molecule has 1 aliphatic rings. The molecule has 0 aromatic carbocycles. The minimum absolute atomic E-state index is 0.207. The van der Waals surface area contributed by atoms with Crippen molar-refractivity contribution < 1.29 is 9.53 Å². The number of guanidine groups is 1. The summed E-state index contributed by atoms with van der Waals surface area (Å²) in [6, 6.07) is 0. The molecule has 0 atom stereocenters. The lowest BCUT2D eigenvalue weighted by Crippen LogP contribution is -2.50. The number of nitrogens with zero attached hydrogens (tertiary/aromatic N) is 4. The summed E-state index contributed by atoms with van der Waals surface area (Å²) in [4.78, 5) is 26.7. The van der Waals surface area contributed by atoms with Gasteiger partial charge in [-0.1, -0.05) is 0 Å². The summed E-state index contributed by atoms with van der Waals surface area (Å²) in [5.74, 6) is 0.845. The molecule has 1 aliphatic heterocycles. The molecule has 1 aromatic heterocycles. The van der Waals surface area contributed by atoms with Gasteiger partial charge in [0.05, 0.1) is 17.2 Å². The third-order valence-corrected chi connectivity index (χ3v) is 5.75. The molecular weight excluding hydrogens is 400 g/mol. The lowest BCUT2D eigenvalue weighted by molar-refractivity contribution is 0.0145. The Bertz CT molecular complexity index is 705. The van der Waals surface area contributed by atoms with E-state index in [1.54, 1.807) is 16.2 Å². The molecule has 0 spiro atoms. The highest BCUT2D eigenvalue weighted by Crippen LogP contribution is 2.17. The molecule has 1 amide bonds. The maximum absolute atomic E-state index is 12.2. The quantitative estimate of drug-likeness (QED) is 0.387. The van der Waals surface area contributed by atoms with E-state index in [2.05, 4.69) is 27.4 Å². The van der Waals surface area contributed by atoms with Gasteiger partial charge in [-0.25, -0.2) is 14.8 Å². The Balaban J connectivity index is 1.68. The van der Waals surface area contributed by atoms with Crippen molar-refractivity contribution in [3.05, 3.63) is 15.6 Å². The van der Waals surface area contributed by atoms with Gasteiger partial charge in [0.2, 0.25) is 0 Å². The van der Waals surface area contributed by atoms with Crippen molar-refractivity contribution in [3.63, 3.8) is 0 Å². The molecule has 2 heterocycles. The summed E-state index contributed by atoms with van der Waals surface area (Å²) in [6.45, 7) is 18.4. The number of hydrogen-bond acceptors (Lipinski definition) is 6. The molecule has 0 unspecified atom stereocenters. The van der Waals surface area contributed by atoms with Crippen LogP contribution in [0.4, 0.5) is 4.79 Å². The lowest BCUT2D eigenvalue weighted by Gasteiger charge is -2.35. The predicted octanol–water partition coefficient (Wildman–Crippen LogP) is 2.76. The van der Waals surface area contributed by atoms with Gasteiger partial charge in [-0.3, -0.25) is 4.90 Å². The van der Waals surface area contributed by atoms with Gasteiger partial charge in [0, 0.05) is 44.1 Å². The molecule has 0 aliphatic carbocycles. The molecule has 1 fully saturated rings. The number of carbonyl (C=O) groups is 1. The molecule has 0 bridgehead atoms. The first-order valence-corrected chi connectivity index (χ1v) is 11.6. The molecule has 2 rings (SSSR count). The zero-order valence-electron chi connectivity index (χ0n) is 19.4. The van der Waals surface area contributed by atoms with Gasteiger partial charge >= 0.3 is 6.09 Å².